The number of methoxy groups -OCH3 is 1. The van der Waals surface area contributed by atoms with Crippen molar-refractivity contribution < 1.29 is 9.53 Å². The van der Waals surface area contributed by atoms with Crippen molar-refractivity contribution in [2.24, 2.45) is 5.92 Å². The van der Waals surface area contributed by atoms with Crippen LogP contribution in [0.15, 0.2) is 48.5 Å². The highest BCUT2D eigenvalue weighted by Gasteiger charge is 2.26. The van der Waals surface area contributed by atoms with Gasteiger partial charge in [0.15, 0.2) is 0 Å². The number of hydrogen-bond acceptors (Lipinski definition) is 3. The van der Waals surface area contributed by atoms with Gasteiger partial charge in [0.1, 0.15) is 5.75 Å². The van der Waals surface area contributed by atoms with Crippen molar-refractivity contribution in [3.63, 3.8) is 0 Å². The molecule has 0 unspecified atom stereocenters. The molecule has 0 radical (unpaired) electrons. The molecule has 1 aliphatic heterocycles. The highest BCUT2D eigenvalue weighted by atomic mass is 16.5. The fourth-order valence-electron chi connectivity index (χ4n) is 4.72. The second kappa shape index (κ2) is 9.45. The Labute approximate surface area is 174 Å². The number of ether oxygens (including phenoxy) is 1. The van der Waals surface area contributed by atoms with Crippen LogP contribution in [0.1, 0.15) is 44.1 Å². The number of amides is 1. The molecule has 4 rings (SSSR count). The lowest BCUT2D eigenvalue weighted by Crippen LogP contribution is -2.45. The van der Waals surface area contributed by atoms with E-state index in [-0.39, 0.29) is 5.92 Å². The summed E-state index contributed by atoms with van der Waals surface area (Å²) in [5, 5.41) is 3.31. The van der Waals surface area contributed by atoms with Crippen LogP contribution in [0.4, 0.5) is 0 Å². The summed E-state index contributed by atoms with van der Waals surface area (Å²) in [6.07, 6.45) is 6.67. The molecule has 1 aliphatic carbocycles. The van der Waals surface area contributed by atoms with Crippen LogP contribution < -0.4 is 10.1 Å². The van der Waals surface area contributed by atoms with Gasteiger partial charge < -0.3 is 10.1 Å². The summed E-state index contributed by atoms with van der Waals surface area (Å²) in [5.74, 6) is 1.47. The number of rotatable bonds is 6. The Morgan fingerprint density at radius 3 is 2.55 bits per heavy atom. The number of piperidine rings is 1. The van der Waals surface area contributed by atoms with Crippen LogP contribution in [0.2, 0.25) is 0 Å². The summed E-state index contributed by atoms with van der Waals surface area (Å²) < 4.78 is 5.52. The Morgan fingerprint density at radius 2 is 1.79 bits per heavy atom. The molecule has 0 atom stereocenters. The van der Waals surface area contributed by atoms with Gasteiger partial charge in [-0.25, -0.2) is 0 Å². The summed E-state index contributed by atoms with van der Waals surface area (Å²) in [7, 11) is 1.72. The number of carbonyl (C=O) groups excluding carboxylic acids is 1. The van der Waals surface area contributed by atoms with Gasteiger partial charge in [-0.05, 0) is 48.9 Å². The monoisotopic (exact) mass is 392 g/mol. The molecule has 1 saturated carbocycles. The van der Waals surface area contributed by atoms with Gasteiger partial charge in [0, 0.05) is 37.2 Å². The first kappa shape index (κ1) is 20.0. The predicted molar refractivity (Wildman–Crippen MR) is 117 cm³/mol. The number of hydrogen-bond donors (Lipinski definition) is 1. The number of nitrogens with zero attached hydrogens (tertiary/aromatic N) is 1. The summed E-state index contributed by atoms with van der Waals surface area (Å²) in [4.78, 5) is 14.9. The average molecular weight is 393 g/mol. The zero-order valence-corrected chi connectivity index (χ0v) is 17.4. The lowest BCUT2D eigenvalue weighted by atomic mass is 10.00. The van der Waals surface area contributed by atoms with E-state index in [1.807, 2.05) is 12.1 Å². The molecule has 1 saturated heterocycles. The van der Waals surface area contributed by atoms with E-state index in [0.29, 0.717) is 11.9 Å². The lowest BCUT2D eigenvalue weighted by Gasteiger charge is -2.33. The second-order valence-corrected chi connectivity index (χ2v) is 8.44. The maximum absolute atomic E-state index is 12.4. The van der Waals surface area contributed by atoms with E-state index in [0.717, 1.165) is 56.6 Å². The lowest BCUT2D eigenvalue weighted by molar-refractivity contribution is -0.125. The third-order valence-electron chi connectivity index (χ3n) is 6.41. The first-order chi connectivity index (χ1) is 14.2. The maximum atomic E-state index is 12.4. The number of carbonyl (C=O) groups is 1. The Hall–Kier alpha value is -2.33. The van der Waals surface area contributed by atoms with Gasteiger partial charge >= 0.3 is 0 Å². The van der Waals surface area contributed by atoms with Crippen molar-refractivity contribution in [2.45, 2.75) is 51.1 Å². The zero-order valence-electron chi connectivity index (χ0n) is 17.4. The van der Waals surface area contributed by atoms with Gasteiger partial charge in [0.25, 0.3) is 0 Å². The minimum absolute atomic E-state index is 0.269. The molecule has 2 aliphatic rings. The van der Waals surface area contributed by atoms with Gasteiger partial charge in [-0.15, -0.1) is 0 Å². The van der Waals surface area contributed by atoms with Crippen LogP contribution >= 0.6 is 0 Å². The van der Waals surface area contributed by atoms with Crippen molar-refractivity contribution in [3.8, 4) is 16.9 Å². The van der Waals surface area contributed by atoms with Crippen LogP contribution in [0.25, 0.3) is 11.1 Å². The van der Waals surface area contributed by atoms with Crippen LogP contribution in [-0.4, -0.2) is 37.0 Å². The molecular formula is C25H32N2O2. The highest BCUT2D eigenvalue weighted by Crippen LogP contribution is 2.30. The smallest absolute Gasteiger partial charge is 0.223 e. The third kappa shape index (κ3) is 4.99. The van der Waals surface area contributed by atoms with Crippen molar-refractivity contribution in [1.29, 1.82) is 0 Å². The first-order valence-corrected chi connectivity index (χ1v) is 11.0. The number of benzene rings is 2. The molecule has 2 aromatic carbocycles. The first-order valence-electron chi connectivity index (χ1n) is 11.0. The summed E-state index contributed by atoms with van der Waals surface area (Å²) in [6.45, 7) is 3.02. The molecule has 4 heteroatoms. The minimum Gasteiger partial charge on any atom is -0.496 e. The van der Waals surface area contributed by atoms with Gasteiger partial charge in [-0.2, -0.15) is 0 Å². The molecule has 29 heavy (non-hydrogen) atoms. The standard InChI is InChI=1S/C25H32N2O2/c1-29-24-12-5-4-11-23(24)21-10-6-7-19(17-21)18-27-15-13-22(14-16-27)26-25(28)20-8-2-3-9-20/h4-7,10-12,17,20,22H,2-3,8-9,13-16,18H2,1H3,(H,26,28). The van der Waals surface area contributed by atoms with Crippen molar-refractivity contribution in [2.75, 3.05) is 20.2 Å². The SMILES string of the molecule is COc1ccccc1-c1cccc(CN2CCC(NC(=O)C3CCCC3)CC2)c1. The van der Waals surface area contributed by atoms with Crippen LogP contribution in [0, 0.1) is 5.92 Å². The Balaban J connectivity index is 1.32. The highest BCUT2D eigenvalue weighted by molar-refractivity contribution is 5.79. The molecule has 0 spiro atoms. The van der Waals surface area contributed by atoms with Crippen molar-refractivity contribution >= 4 is 5.91 Å². The largest absolute Gasteiger partial charge is 0.496 e. The van der Waals surface area contributed by atoms with Gasteiger partial charge in [0.05, 0.1) is 7.11 Å². The minimum atomic E-state index is 0.269. The Bertz CT molecular complexity index is 821. The van der Waals surface area contributed by atoms with E-state index in [2.05, 4.69) is 46.6 Å². The van der Waals surface area contributed by atoms with Gasteiger partial charge in [-0.3, -0.25) is 9.69 Å². The van der Waals surface area contributed by atoms with Gasteiger partial charge in [0.2, 0.25) is 5.91 Å². The number of likely N-dealkylation sites (tertiary alicyclic amines) is 1. The molecule has 1 amide bonds. The molecule has 0 aromatic heterocycles. The topological polar surface area (TPSA) is 41.6 Å². The Kier molecular flexibility index (Phi) is 6.50. The molecule has 154 valence electrons. The fourth-order valence-corrected chi connectivity index (χ4v) is 4.72. The molecule has 0 bridgehead atoms. The summed E-state index contributed by atoms with van der Waals surface area (Å²) >= 11 is 0. The summed E-state index contributed by atoms with van der Waals surface area (Å²) in [6, 6.07) is 17.3. The molecule has 2 aromatic rings. The summed E-state index contributed by atoms with van der Waals surface area (Å²) in [5.41, 5.74) is 3.64. The molecular weight excluding hydrogens is 360 g/mol. The van der Waals surface area contributed by atoms with E-state index in [4.69, 9.17) is 4.74 Å². The van der Waals surface area contributed by atoms with E-state index >= 15 is 0 Å². The molecule has 1 N–H and O–H groups in total. The maximum Gasteiger partial charge on any atom is 0.223 e. The average Bonchev–Trinajstić information content (AvgIpc) is 3.30. The van der Waals surface area contributed by atoms with E-state index < -0.39 is 0 Å². The fraction of sp³-hybridized carbons (Fsp3) is 0.480. The quantitative estimate of drug-likeness (QED) is 0.779. The zero-order chi connectivity index (χ0) is 20.1. The molecule has 2 fully saturated rings. The van der Waals surface area contributed by atoms with Crippen molar-refractivity contribution in [1.82, 2.24) is 10.2 Å². The number of para-hydroxylation sites is 1. The molecule has 1 heterocycles. The van der Waals surface area contributed by atoms with Gasteiger partial charge in [-0.1, -0.05) is 49.2 Å². The van der Waals surface area contributed by atoms with E-state index in [9.17, 15) is 4.79 Å². The normalized spacial score (nSPS) is 18.7. The van der Waals surface area contributed by atoms with Crippen LogP contribution in [0.3, 0.4) is 0 Å². The van der Waals surface area contributed by atoms with Crippen LogP contribution in [-0.2, 0) is 11.3 Å². The van der Waals surface area contributed by atoms with E-state index in [1.54, 1.807) is 7.11 Å². The Morgan fingerprint density at radius 1 is 1.03 bits per heavy atom. The van der Waals surface area contributed by atoms with Crippen LogP contribution in [0.5, 0.6) is 5.75 Å². The molecule has 4 nitrogen and oxygen atoms in total. The predicted octanol–water partition coefficient (Wildman–Crippen LogP) is 4.63. The van der Waals surface area contributed by atoms with Crippen molar-refractivity contribution in [3.05, 3.63) is 54.1 Å². The second-order valence-electron chi connectivity index (χ2n) is 8.44. The number of nitrogens with one attached hydrogen (secondary N) is 1. The van der Waals surface area contributed by atoms with E-state index in [1.165, 1.54) is 24.0 Å². The third-order valence-corrected chi connectivity index (χ3v) is 6.41.